The van der Waals surface area contributed by atoms with Crippen molar-refractivity contribution in [3.05, 3.63) is 20.8 Å². The monoisotopic (exact) mass is 327 g/mol. The average molecular weight is 328 g/mol. The van der Waals surface area contributed by atoms with Gasteiger partial charge in [0.15, 0.2) is 0 Å². The highest BCUT2D eigenvalue weighted by Gasteiger charge is 2.27. The van der Waals surface area contributed by atoms with Crippen LogP contribution in [0, 0.1) is 0 Å². The molecule has 1 unspecified atom stereocenters. The highest BCUT2D eigenvalue weighted by molar-refractivity contribution is 7.16. The van der Waals surface area contributed by atoms with Crippen LogP contribution in [0.4, 0.5) is 0 Å². The van der Waals surface area contributed by atoms with Crippen molar-refractivity contribution in [1.29, 1.82) is 0 Å². The van der Waals surface area contributed by atoms with Crippen LogP contribution in [-0.4, -0.2) is 36.5 Å². The lowest BCUT2D eigenvalue weighted by atomic mass is 9.92. The molecule has 0 saturated carbocycles. The van der Waals surface area contributed by atoms with Crippen LogP contribution in [0.3, 0.4) is 0 Å². The van der Waals surface area contributed by atoms with Gasteiger partial charge in [-0.25, -0.2) is 0 Å². The van der Waals surface area contributed by atoms with E-state index in [1.165, 1.54) is 29.7 Å². The van der Waals surface area contributed by atoms with Gasteiger partial charge in [0.05, 0.1) is 10.9 Å². The molecule has 1 aliphatic carbocycles. The fourth-order valence-corrected chi connectivity index (χ4v) is 4.84. The Morgan fingerprint density at radius 3 is 2.90 bits per heavy atom. The van der Waals surface area contributed by atoms with Crippen molar-refractivity contribution >= 4 is 28.8 Å². The maximum Gasteiger partial charge on any atom is 0.231 e. The Labute approximate surface area is 134 Å². The summed E-state index contributed by atoms with van der Waals surface area (Å²) in [5.41, 5.74) is 6.67. The standard InChI is InChI=1S/C15H22ClN3OS/c16-14-8-11-12(2-1-3-13(11)21-14)18-10-4-6-19(7-5-10)9-15(17)20/h8,10,12,18H,1-7,9H2,(H2,17,20). The number of aryl methyl sites for hydroxylation is 1. The van der Waals surface area contributed by atoms with E-state index in [0.717, 1.165) is 30.3 Å². The third-order valence-corrected chi connectivity index (χ3v) is 5.83. The van der Waals surface area contributed by atoms with Crippen molar-refractivity contribution < 1.29 is 4.79 Å². The number of halogens is 1. The first-order valence-electron chi connectivity index (χ1n) is 7.66. The Morgan fingerprint density at radius 2 is 2.19 bits per heavy atom. The largest absolute Gasteiger partial charge is 0.369 e. The van der Waals surface area contributed by atoms with Gasteiger partial charge in [0.1, 0.15) is 0 Å². The molecule has 1 amide bonds. The van der Waals surface area contributed by atoms with Crippen molar-refractivity contribution in [2.75, 3.05) is 19.6 Å². The number of likely N-dealkylation sites (tertiary alicyclic amines) is 1. The highest BCUT2D eigenvalue weighted by atomic mass is 35.5. The van der Waals surface area contributed by atoms with E-state index in [-0.39, 0.29) is 5.91 Å². The molecule has 6 heteroatoms. The van der Waals surface area contributed by atoms with Gasteiger partial charge in [-0.05, 0) is 43.7 Å². The van der Waals surface area contributed by atoms with Gasteiger partial charge in [-0.3, -0.25) is 9.69 Å². The molecule has 1 aromatic heterocycles. The van der Waals surface area contributed by atoms with Crippen molar-refractivity contribution in [3.8, 4) is 0 Å². The molecule has 3 N–H and O–H groups in total. The predicted octanol–water partition coefficient (Wildman–Crippen LogP) is 2.32. The molecule has 0 spiro atoms. The molecule has 21 heavy (non-hydrogen) atoms. The summed E-state index contributed by atoms with van der Waals surface area (Å²) >= 11 is 7.90. The first-order valence-corrected chi connectivity index (χ1v) is 8.86. The smallest absolute Gasteiger partial charge is 0.231 e. The second kappa shape index (κ2) is 6.65. The summed E-state index contributed by atoms with van der Waals surface area (Å²) < 4.78 is 0.907. The summed E-state index contributed by atoms with van der Waals surface area (Å²) in [6.45, 7) is 2.29. The number of nitrogens with zero attached hydrogens (tertiary/aromatic N) is 1. The van der Waals surface area contributed by atoms with Crippen LogP contribution in [0.5, 0.6) is 0 Å². The number of primary amides is 1. The third-order valence-electron chi connectivity index (χ3n) is 4.49. The number of fused-ring (bicyclic) bond motifs is 1. The third kappa shape index (κ3) is 3.77. The SMILES string of the molecule is NC(=O)CN1CCC(NC2CCCc3sc(Cl)cc32)CC1. The van der Waals surface area contributed by atoms with Crippen molar-refractivity contribution in [2.24, 2.45) is 5.73 Å². The minimum Gasteiger partial charge on any atom is -0.369 e. The average Bonchev–Trinajstić information content (AvgIpc) is 2.82. The molecule has 2 aliphatic rings. The van der Waals surface area contributed by atoms with Gasteiger partial charge < -0.3 is 11.1 Å². The molecular weight excluding hydrogens is 306 g/mol. The van der Waals surface area contributed by atoms with Gasteiger partial charge in [0.2, 0.25) is 5.91 Å². The lowest BCUT2D eigenvalue weighted by Gasteiger charge is -2.35. The van der Waals surface area contributed by atoms with Gasteiger partial charge in [0, 0.05) is 30.1 Å². The number of thiophene rings is 1. The summed E-state index contributed by atoms with van der Waals surface area (Å²) in [5, 5.41) is 3.81. The molecule has 116 valence electrons. The fourth-order valence-electron chi connectivity index (χ4n) is 3.46. The number of piperidine rings is 1. The van der Waals surface area contributed by atoms with Crippen LogP contribution < -0.4 is 11.1 Å². The second-order valence-corrected chi connectivity index (χ2v) is 7.83. The van der Waals surface area contributed by atoms with E-state index in [0.29, 0.717) is 18.6 Å². The summed E-state index contributed by atoms with van der Waals surface area (Å²) in [4.78, 5) is 14.6. The number of nitrogens with two attached hydrogens (primary N) is 1. The van der Waals surface area contributed by atoms with E-state index in [9.17, 15) is 4.79 Å². The van der Waals surface area contributed by atoms with Crippen LogP contribution in [-0.2, 0) is 11.2 Å². The number of amides is 1. The minimum atomic E-state index is -0.230. The molecule has 0 aromatic carbocycles. The molecule has 1 aromatic rings. The molecule has 0 radical (unpaired) electrons. The molecule has 1 fully saturated rings. The quantitative estimate of drug-likeness (QED) is 0.892. The zero-order chi connectivity index (χ0) is 14.8. The normalized spacial score (nSPS) is 24.0. The van der Waals surface area contributed by atoms with Crippen LogP contribution in [0.15, 0.2) is 6.07 Å². The van der Waals surface area contributed by atoms with Gasteiger partial charge in [-0.15, -0.1) is 11.3 Å². The van der Waals surface area contributed by atoms with Crippen molar-refractivity contribution in [1.82, 2.24) is 10.2 Å². The fraction of sp³-hybridized carbons (Fsp3) is 0.667. The van der Waals surface area contributed by atoms with E-state index >= 15 is 0 Å². The zero-order valence-electron chi connectivity index (χ0n) is 12.1. The lowest BCUT2D eigenvalue weighted by Crippen LogP contribution is -2.46. The maximum atomic E-state index is 11.0. The van der Waals surface area contributed by atoms with Gasteiger partial charge in [-0.1, -0.05) is 11.6 Å². The minimum absolute atomic E-state index is 0.230. The molecule has 4 nitrogen and oxygen atoms in total. The number of carbonyl (C=O) groups excluding carboxylic acids is 1. The molecule has 1 aliphatic heterocycles. The van der Waals surface area contributed by atoms with Crippen LogP contribution in [0.2, 0.25) is 4.34 Å². The molecule has 1 atom stereocenters. The Bertz CT molecular complexity index is 511. The summed E-state index contributed by atoms with van der Waals surface area (Å²) in [6.07, 6.45) is 5.76. The van der Waals surface area contributed by atoms with Gasteiger partial charge in [-0.2, -0.15) is 0 Å². The van der Waals surface area contributed by atoms with E-state index in [1.807, 2.05) is 0 Å². The molecular formula is C15H22ClN3OS. The first kappa shape index (κ1) is 15.3. The van der Waals surface area contributed by atoms with Gasteiger partial charge in [0.25, 0.3) is 0 Å². The van der Waals surface area contributed by atoms with Crippen molar-refractivity contribution in [3.63, 3.8) is 0 Å². The highest BCUT2D eigenvalue weighted by Crippen LogP contribution is 2.38. The first-order chi connectivity index (χ1) is 10.1. The molecule has 1 saturated heterocycles. The van der Waals surface area contributed by atoms with E-state index in [2.05, 4.69) is 16.3 Å². The Balaban J connectivity index is 1.55. The van der Waals surface area contributed by atoms with Crippen LogP contribution >= 0.6 is 22.9 Å². The summed E-state index contributed by atoms with van der Waals surface area (Å²) in [6, 6.07) is 3.12. The summed E-state index contributed by atoms with van der Waals surface area (Å²) in [7, 11) is 0. The number of carbonyl (C=O) groups is 1. The van der Waals surface area contributed by atoms with Crippen molar-refractivity contribution in [2.45, 2.75) is 44.2 Å². The lowest BCUT2D eigenvalue weighted by molar-refractivity contribution is -0.119. The summed E-state index contributed by atoms with van der Waals surface area (Å²) in [5.74, 6) is -0.230. The second-order valence-electron chi connectivity index (χ2n) is 6.06. The Morgan fingerprint density at radius 1 is 1.43 bits per heavy atom. The van der Waals surface area contributed by atoms with Crippen LogP contribution in [0.1, 0.15) is 42.2 Å². The van der Waals surface area contributed by atoms with E-state index < -0.39 is 0 Å². The van der Waals surface area contributed by atoms with Crippen LogP contribution in [0.25, 0.3) is 0 Å². The molecule has 0 bridgehead atoms. The number of rotatable bonds is 4. The van der Waals surface area contributed by atoms with E-state index in [1.54, 1.807) is 11.3 Å². The predicted molar refractivity (Wildman–Crippen MR) is 86.8 cm³/mol. The number of hydrogen-bond donors (Lipinski definition) is 2. The van der Waals surface area contributed by atoms with E-state index in [4.69, 9.17) is 17.3 Å². The number of nitrogens with one attached hydrogen (secondary N) is 1. The molecule has 2 heterocycles. The maximum absolute atomic E-state index is 11.0. The van der Waals surface area contributed by atoms with Gasteiger partial charge >= 0.3 is 0 Å². The topological polar surface area (TPSA) is 58.4 Å². The Hall–Kier alpha value is -0.620. The molecule has 3 rings (SSSR count). The number of hydrogen-bond acceptors (Lipinski definition) is 4. The zero-order valence-corrected chi connectivity index (χ0v) is 13.7. The Kier molecular flexibility index (Phi) is 4.84.